The van der Waals surface area contributed by atoms with E-state index in [4.69, 9.17) is 0 Å². The predicted octanol–water partition coefficient (Wildman–Crippen LogP) is 6.95. The smallest absolute Gasteiger partial charge is 0.261 e. The first-order valence-corrected chi connectivity index (χ1v) is 12.1. The molecular formula is C26H33ClN2O3S. The number of sulfonamides is 1. The molecule has 7 heteroatoms. The first-order valence-electron chi connectivity index (χ1n) is 10.6. The van der Waals surface area contributed by atoms with Crippen LogP contribution in [0.15, 0.2) is 71.6 Å². The molecule has 3 aromatic rings. The topological polar surface area (TPSA) is 78.4 Å². The third-order valence-electron chi connectivity index (χ3n) is 5.23. The van der Waals surface area contributed by atoms with Gasteiger partial charge in [-0.25, -0.2) is 8.42 Å². The molecule has 0 heterocycles. The zero-order valence-electron chi connectivity index (χ0n) is 19.9. The Balaban J connectivity index is 0.00000385. The maximum Gasteiger partial charge on any atom is 0.261 e. The van der Waals surface area contributed by atoms with E-state index in [0.29, 0.717) is 17.1 Å². The summed E-state index contributed by atoms with van der Waals surface area (Å²) in [5.41, 5.74) is 2.97. The van der Waals surface area contributed by atoms with E-state index >= 15 is 0 Å². The van der Waals surface area contributed by atoms with Crippen LogP contribution >= 0.6 is 12.4 Å². The number of phenols is 1. The molecule has 3 N–H and O–H groups in total. The molecule has 0 fully saturated rings. The van der Waals surface area contributed by atoms with Gasteiger partial charge in [-0.1, -0.05) is 71.9 Å². The number of rotatable bonds is 5. The van der Waals surface area contributed by atoms with Gasteiger partial charge in [0.2, 0.25) is 0 Å². The Kier molecular flexibility index (Phi) is 7.77. The fraction of sp³-hybridized carbons (Fsp3) is 0.308. The molecule has 0 saturated carbocycles. The predicted molar refractivity (Wildman–Crippen MR) is 140 cm³/mol. The summed E-state index contributed by atoms with van der Waals surface area (Å²) in [7, 11) is -3.73. The van der Waals surface area contributed by atoms with Gasteiger partial charge in [0.15, 0.2) is 0 Å². The maximum absolute atomic E-state index is 12.9. The minimum Gasteiger partial charge on any atom is -0.507 e. The number of benzene rings is 3. The molecule has 0 aliphatic heterocycles. The van der Waals surface area contributed by atoms with Gasteiger partial charge in [-0.05, 0) is 47.2 Å². The Morgan fingerprint density at radius 3 is 1.67 bits per heavy atom. The van der Waals surface area contributed by atoms with E-state index < -0.39 is 10.0 Å². The highest BCUT2D eigenvalue weighted by Crippen LogP contribution is 2.42. The largest absolute Gasteiger partial charge is 0.507 e. The number of nitrogens with one attached hydrogen (secondary N) is 2. The lowest BCUT2D eigenvalue weighted by Gasteiger charge is -2.28. The minimum absolute atomic E-state index is 0. The van der Waals surface area contributed by atoms with E-state index in [1.54, 1.807) is 42.5 Å². The number of anilines is 3. The van der Waals surface area contributed by atoms with Crippen LogP contribution in [0.4, 0.5) is 17.1 Å². The normalized spacial score (nSPS) is 12.1. The molecule has 0 aromatic heterocycles. The van der Waals surface area contributed by atoms with Crippen molar-refractivity contribution in [2.45, 2.75) is 57.3 Å². The van der Waals surface area contributed by atoms with Gasteiger partial charge in [0, 0.05) is 16.8 Å². The maximum atomic E-state index is 12.9. The summed E-state index contributed by atoms with van der Waals surface area (Å²) in [6.07, 6.45) is 0. The Morgan fingerprint density at radius 1 is 0.727 bits per heavy atom. The number of hydrogen-bond donors (Lipinski definition) is 3. The fourth-order valence-electron chi connectivity index (χ4n) is 3.49. The van der Waals surface area contributed by atoms with E-state index in [0.717, 1.165) is 16.8 Å². The highest BCUT2D eigenvalue weighted by atomic mass is 35.5. The molecular weight excluding hydrogens is 456 g/mol. The third kappa shape index (κ3) is 6.21. The summed E-state index contributed by atoms with van der Waals surface area (Å²) in [4.78, 5) is 0.199. The molecule has 3 rings (SSSR count). The number of aromatic hydroxyl groups is 1. The van der Waals surface area contributed by atoms with Crippen LogP contribution in [0.5, 0.6) is 5.75 Å². The van der Waals surface area contributed by atoms with Crippen molar-refractivity contribution in [2.24, 2.45) is 0 Å². The quantitative estimate of drug-likeness (QED) is 0.339. The van der Waals surface area contributed by atoms with Crippen LogP contribution in [0.3, 0.4) is 0 Å². The summed E-state index contributed by atoms with van der Waals surface area (Å²) in [6.45, 7) is 12.3. The van der Waals surface area contributed by atoms with E-state index in [-0.39, 0.29) is 28.1 Å². The number of halogens is 1. The van der Waals surface area contributed by atoms with Crippen molar-refractivity contribution in [3.8, 4) is 5.75 Å². The van der Waals surface area contributed by atoms with Gasteiger partial charge < -0.3 is 10.4 Å². The summed E-state index contributed by atoms with van der Waals surface area (Å²) in [6, 6.07) is 19.3. The second-order valence-electron chi connectivity index (χ2n) is 10.0. The van der Waals surface area contributed by atoms with Gasteiger partial charge in [0.25, 0.3) is 10.0 Å². The van der Waals surface area contributed by atoms with E-state index in [9.17, 15) is 13.5 Å². The molecule has 0 amide bonds. The summed E-state index contributed by atoms with van der Waals surface area (Å²) < 4.78 is 28.4. The highest BCUT2D eigenvalue weighted by Gasteiger charge is 2.27. The second kappa shape index (κ2) is 9.65. The second-order valence-corrected chi connectivity index (χ2v) is 11.7. The lowest BCUT2D eigenvalue weighted by Crippen LogP contribution is -2.18. The van der Waals surface area contributed by atoms with E-state index in [1.165, 1.54) is 0 Å². The molecule has 0 aliphatic rings. The van der Waals surface area contributed by atoms with Gasteiger partial charge in [-0.3, -0.25) is 4.72 Å². The van der Waals surface area contributed by atoms with Crippen LogP contribution in [-0.2, 0) is 20.9 Å². The van der Waals surface area contributed by atoms with Crippen molar-refractivity contribution < 1.29 is 13.5 Å². The Morgan fingerprint density at radius 2 is 1.18 bits per heavy atom. The molecule has 3 aromatic carbocycles. The lowest BCUT2D eigenvalue weighted by atomic mass is 9.79. The van der Waals surface area contributed by atoms with Crippen LogP contribution in [0.25, 0.3) is 0 Å². The van der Waals surface area contributed by atoms with Crippen molar-refractivity contribution in [3.63, 3.8) is 0 Å². The Bertz CT molecular complexity index is 1180. The average Bonchev–Trinajstić information content (AvgIpc) is 2.69. The third-order valence-corrected chi connectivity index (χ3v) is 6.61. The average molecular weight is 489 g/mol. The van der Waals surface area contributed by atoms with Gasteiger partial charge >= 0.3 is 0 Å². The van der Waals surface area contributed by atoms with E-state index in [1.807, 2.05) is 24.3 Å². The molecule has 0 spiro atoms. The van der Waals surface area contributed by atoms with Crippen LogP contribution in [-0.4, -0.2) is 13.5 Å². The Labute approximate surface area is 203 Å². The van der Waals surface area contributed by atoms with E-state index in [2.05, 4.69) is 51.6 Å². The molecule has 0 aliphatic carbocycles. The summed E-state index contributed by atoms with van der Waals surface area (Å²) in [5, 5.41) is 14.3. The van der Waals surface area contributed by atoms with Crippen molar-refractivity contribution in [1.29, 1.82) is 0 Å². The minimum atomic E-state index is -3.73. The van der Waals surface area contributed by atoms with Gasteiger partial charge in [0.1, 0.15) is 5.75 Å². The van der Waals surface area contributed by atoms with Crippen LogP contribution < -0.4 is 10.0 Å². The number of para-hydroxylation sites is 2. The standard InChI is InChI=1S/C26H32N2O3S.ClH/c1-25(2,3)20-16-18(17-21(24(20)29)26(4,5)6)27-22-14-10-11-15-23(22)28-32(30,31)19-12-8-7-9-13-19;/h7-17,27-29H,1-6H3;1H. The monoisotopic (exact) mass is 488 g/mol. The highest BCUT2D eigenvalue weighted by molar-refractivity contribution is 7.92. The number of hydrogen-bond acceptors (Lipinski definition) is 4. The lowest BCUT2D eigenvalue weighted by molar-refractivity contribution is 0.423. The zero-order valence-corrected chi connectivity index (χ0v) is 21.6. The zero-order chi connectivity index (χ0) is 23.7. The molecule has 33 heavy (non-hydrogen) atoms. The van der Waals surface area contributed by atoms with Gasteiger partial charge in [-0.2, -0.15) is 0 Å². The molecule has 0 bridgehead atoms. The van der Waals surface area contributed by atoms with Crippen LogP contribution in [0, 0.1) is 0 Å². The van der Waals surface area contributed by atoms with Crippen molar-refractivity contribution in [3.05, 3.63) is 77.9 Å². The molecule has 0 saturated heterocycles. The van der Waals surface area contributed by atoms with Gasteiger partial charge in [-0.15, -0.1) is 12.4 Å². The van der Waals surface area contributed by atoms with Gasteiger partial charge in [0.05, 0.1) is 16.3 Å². The molecule has 0 radical (unpaired) electrons. The van der Waals surface area contributed by atoms with Crippen molar-refractivity contribution in [1.82, 2.24) is 0 Å². The molecule has 5 nitrogen and oxygen atoms in total. The molecule has 0 unspecified atom stereocenters. The van der Waals surface area contributed by atoms with Crippen LogP contribution in [0.1, 0.15) is 52.7 Å². The van der Waals surface area contributed by atoms with Crippen molar-refractivity contribution >= 4 is 39.5 Å². The van der Waals surface area contributed by atoms with Crippen molar-refractivity contribution in [2.75, 3.05) is 10.0 Å². The summed E-state index contributed by atoms with van der Waals surface area (Å²) >= 11 is 0. The summed E-state index contributed by atoms with van der Waals surface area (Å²) in [5.74, 6) is 0.300. The first-order chi connectivity index (χ1) is 14.8. The number of phenolic OH excluding ortho intramolecular Hbond substituents is 1. The Hall–Kier alpha value is -2.70. The molecule has 178 valence electrons. The fourth-order valence-corrected chi connectivity index (χ4v) is 4.59. The SMILES string of the molecule is CC(C)(C)c1cc(Nc2ccccc2NS(=O)(=O)c2ccccc2)cc(C(C)(C)C)c1O.Cl. The molecule has 0 atom stereocenters. The van der Waals surface area contributed by atoms with Crippen LogP contribution in [0.2, 0.25) is 0 Å². The first kappa shape index (κ1) is 26.6.